The van der Waals surface area contributed by atoms with Gasteiger partial charge in [-0.25, -0.2) is 4.39 Å². The lowest BCUT2D eigenvalue weighted by Crippen LogP contribution is -3.18. The van der Waals surface area contributed by atoms with E-state index in [1.807, 2.05) is 36.2 Å². The van der Waals surface area contributed by atoms with Crippen LogP contribution in [0.25, 0.3) is 17.0 Å². The van der Waals surface area contributed by atoms with Crippen molar-refractivity contribution in [3.63, 3.8) is 0 Å². The highest BCUT2D eigenvalue weighted by atomic mass is 19.1. The number of esters is 1. The van der Waals surface area contributed by atoms with Crippen molar-refractivity contribution in [1.29, 1.82) is 0 Å². The number of methoxy groups -OCH3 is 1. The Morgan fingerprint density at radius 2 is 1.88 bits per heavy atom. The number of halogens is 1. The van der Waals surface area contributed by atoms with E-state index in [-0.39, 0.29) is 29.0 Å². The number of hydrogen-bond donors (Lipinski definition) is 4. The summed E-state index contributed by atoms with van der Waals surface area (Å²) in [4.78, 5) is 12.5. The van der Waals surface area contributed by atoms with Crippen molar-refractivity contribution in [2.45, 2.75) is 38.5 Å². The van der Waals surface area contributed by atoms with Crippen LogP contribution in [0.4, 0.5) is 4.39 Å². The minimum Gasteiger partial charge on any atom is -0.469 e. The Labute approximate surface area is 194 Å². The minimum atomic E-state index is -0.963. The molecule has 0 bridgehead atoms. The van der Waals surface area contributed by atoms with Gasteiger partial charge in [0.2, 0.25) is 0 Å². The van der Waals surface area contributed by atoms with Gasteiger partial charge in [0.1, 0.15) is 12.0 Å². The molecule has 0 spiro atoms. The molecule has 1 fully saturated rings. The van der Waals surface area contributed by atoms with Crippen molar-refractivity contribution in [2.75, 3.05) is 20.2 Å². The molecule has 0 radical (unpaired) electrons. The number of carbonyl (C=O) groups excluding carboxylic acids is 1. The van der Waals surface area contributed by atoms with Gasteiger partial charge in [0, 0.05) is 12.6 Å². The molecule has 1 aliphatic rings. The van der Waals surface area contributed by atoms with Crippen LogP contribution in [0.5, 0.6) is 0 Å². The Kier molecular flexibility index (Phi) is 8.90. The molecule has 0 amide bonds. The smallest absolute Gasteiger partial charge is 0.310 e. The van der Waals surface area contributed by atoms with Crippen molar-refractivity contribution in [1.82, 2.24) is 10.3 Å². The van der Waals surface area contributed by atoms with Crippen molar-refractivity contribution < 1.29 is 24.3 Å². The summed E-state index contributed by atoms with van der Waals surface area (Å²) in [6.45, 7) is 3.27. The van der Waals surface area contributed by atoms with E-state index in [1.165, 1.54) is 19.2 Å². The lowest BCUT2D eigenvalue weighted by atomic mass is 9.85. The quantitative estimate of drug-likeness (QED) is 0.197. The molecular weight excluding hydrogens is 425 g/mol. The first-order chi connectivity index (χ1) is 15.8. The second-order valence-electron chi connectivity index (χ2n) is 8.69. The molecule has 0 aromatic heterocycles. The first kappa shape index (κ1) is 25.2. The van der Waals surface area contributed by atoms with Gasteiger partial charge in [-0.2, -0.15) is 5.84 Å². The number of quaternary nitrogens is 1. The molecule has 6 N–H and O–H groups in total. The summed E-state index contributed by atoms with van der Waals surface area (Å²) in [5.74, 6) is 12.5. The maximum Gasteiger partial charge on any atom is 0.310 e. The molecule has 3 unspecified atom stereocenters. The highest BCUT2D eigenvalue weighted by Gasteiger charge is 2.33. The normalized spacial score (nSPS) is 20.6. The average molecular weight is 460 g/mol. The summed E-state index contributed by atoms with van der Waals surface area (Å²) in [5, 5.41) is 15.8. The third-order valence-corrected chi connectivity index (χ3v) is 6.38. The van der Waals surface area contributed by atoms with Gasteiger partial charge >= 0.3 is 5.97 Å². The fourth-order valence-corrected chi connectivity index (χ4v) is 4.45. The van der Waals surface area contributed by atoms with Crippen molar-refractivity contribution in [3.05, 3.63) is 65.8 Å². The van der Waals surface area contributed by atoms with E-state index in [4.69, 9.17) is 16.4 Å². The van der Waals surface area contributed by atoms with Gasteiger partial charge in [-0.05, 0) is 60.9 Å². The van der Waals surface area contributed by atoms with Crippen LogP contribution in [-0.2, 0) is 9.53 Å². The summed E-state index contributed by atoms with van der Waals surface area (Å²) in [7, 11) is 1.37. The number of aliphatic hydroxyl groups excluding tert-OH is 1. The molecule has 0 aliphatic carbocycles. The Bertz CT molecular complexity index is 894. The molecule has 3 rings (SSSR count). The van der Waals surface area contributed by atoms with Gasteiger partial charge < -0.3 is 15.7 Å². The van der Waals surface area contributed by atoms with Crippen LogP contribution >= 0.6 is 0 Å². The number of piperidine rings is 1. The molecule has 180 valence electrons. The fraction of sp³-hybridized carbons (Fsp3) is 0.458. The van der Waals surface area contributed by atoms with E-state index in [9.17, 15) is 14.3 Å². The number of carbonyl (C=O) groups is 1. The number of aliphatic hydroxyl groups is 1. The van der Waals surface area contributed by atoms with E-state index in [0.717, 1.165) is 30.5 Å². The molecular formula is C24H34FN5O3. The number of benzene rings is 2. The molecule has 8 nitrogen and oxygen atoms in total. The Hall–Kier alpha value is -2.40. The Morgan fingerprint density at radius 3 is 2.45 bits per heavy atom. The molecule has 2 aromatic rings. The van der Waals surface area contributed by atoms with Crippen LogP contribution in [0, 0.1) is 17.7 Å². The van der Waals surface area contributed by atoms with E-state index in [2.05, 4.69) is 5.32 Å². The molecule has 5 atom stereocenters. The number of rotatable bonds is 9. The van der Waals surface area contributed by atoms with Gasteiger partial charge in [-0.3, -0.25) is 15.3 Å². The summed E-state index contributed by atoms with van der Waals surface area (Å²) in [6, 6.07) is 13.3. The van der Waals surface area contributed by atoms with Crippen LogP contribution in [-0.4, -0.2) is 42.3 Å². The maximum atomic E-state index is 13.2. The van der Waals surface area contributed by atoms with Gasteiger partial charge in [-0.15, -0.1) is 5.01 Å². The van der Waals surface area contributed by atoms with E-state index < -0.39 is 12.1 Å². The lowest BCUT2D eigenvalue weighted by molar-refractivity contribution is -0.985. The van der Waals surface area contributed by atoms with E-state index >= 15 is 0 Å². The van der Waals surface area contributed by atoms with Crippen LogP contribution in [0.3, 0.4) is 0 Å². The van der Waals surface area contributed by atoms with E-state index in [1.54, 1.807) is 12.1 Å². The molecule has 1 aliphatic heterocycles. The first-order valence-electron chi connectivity index (χ1n) is 11.2. The monoisotopic (exact) mass is 459 g/mol. The van der Waals surface area contributed by atoms with E-state index in [0.29, 0.717) is 18.5 Å². The zero-order chi connectivity index (χ0) is 24.0. The van der Waals surface area contributed by atoms with Crippen LogP contribution in [0.15, 0.2) is 48.5 Å². The molecule has 1 saturated heterocycles. The second kappa shape index (κ2) is 11.6. The zero-order valence-electron chi connectivity index (χ0n) is 19.1. The molecule has 0 saturated carbocycles. The van der Waals surface area contributed by atoms with Crippen molar-refractivity contribution in [2.24, 2.45) is 17.7 Å². The molecule has 9 heteroatoms. The van der Waals surface area contributed by atoms with Gasteiger partial charge in [0.05, 0.1) is 19.6 Å². The number of hydrogen-bond acceptors (Lipinski definition) is 6. The topological polar surface area (TPSA) is 116 Å². The minimum absolute atomic E-state index is 0.0556. The molecule has 1 heterocycles. The Morgan fingerprint density at radius 1 is 1.27 bits per heavy atom. The third kappa shape index (κ3) is 6.80. The highest BCUT2D eigenvalue weighted by Crippen LogP contribution is 2.27. The highest BCUT2D eigenvalue weighted by molar-refractivity contribution is 5.73. The molecule has 33 heavy (non-hydrogen) atoms. The largest absolute Gasteiger partial charge is 0.469 e. The first-order valence-corrected chi connectivity index (χ1v) is 11.2. The number of nitrogens with one attached hydrogen (secondary N) is 3. The summed E-state index contributed by atoms with van der Waals surface area (Å²) >= 11 is 0. The maximum absolute atomic E-state index is 13.2. The predicted molar refractivity (Wildman–Crippen MR) is 123 cm³/mol. The Balaban J connectivity index is 1.64. The average Bonchev–Trinajstić information content (AvgIpc) is 2.82. The van der Waals surface area contributed by atoms with Crippen LogP contribution < -0.4 is 16.4 Å². The van der Waals surface area contributed by atoms with Crippen LogP contribution in [0.2, 0.25) is 0 Å². The van der Waals surface area contributed by atoms with Crippen molar-refractivity contribution in [3.8, 4) is 11.1 Å². The van der Waals surface area contributed by atoms with Gasteiger partial charge in [0.25, 0.3) is 0 Å². The van der Waals surface area contributed by atoms with Gasteiger partial charge in [0.15, 0.2) is 0 Å². The molecule has 2 aromatic carbocycles. The number of nitrogens with zero attached hydrogens (tertiary/aromatic N) is 1. The number of nitrogens with two attached hydrogens (primary N) is 1. The van der Waals surface area contributed by atoms with Crippen molar-refractivity contribution >= 4 is 5.97 Å². The fourth-order valence-electron chi connectivity index (χ4n) is 4.45. The standard InChI is InChI=1S/C24H34FN5O3/c1-16(22(24(32)33-2)14-17-4-3-13-29(15-17)30(26)27)28-23(31)20-7-5-18(6-8-20)19-9-11-21(25)12-10-19/h5-12,16-17,22-23,26,28,30-31H,3-4,13-15,27H2,1-2H3/t16-,17?,22-,23?/m1/s1. The van der Waals surface area contributed by atoms with Gasteiger partial charge in [-0.1, -0.05) is 36.4 Å². The van der Waals surface area contributed by atoms with Crippen LogP contribution in [0.1, 0.15) is 38.0 Å². The summed E-state index contributed by atoms with van der Waals surface area (Å²) in [6.07, 6.45) is 1.50. The SMILES string of the molecule is COC(=O)[C@H](CC1CCCN([NH+]([NH-])N)C1)[C@@H](C)NC(O)c1ccc(-c2ccc(F)cc2)cc1. The summed E-state index contributed by atoms with van der Waals surface area (Å²) in [5.41, 5.74) is 2.46. The second-order valence-corrected chi connectivity index (χ2v) is 8.69. The lowest BCUT2D eigenvalue weighted by Gasteiger charge is -2.37. The number of ether oxygens (including phenoxy) is 1. The predicted octanol–water partition coefficient (Wildman–Crippen LogP) is 1.99. The third-order valence-electron chi connectivity index (χ3n) is 6.38. The summed E-state index contributed by atoms with van der Waals surface area (Å²) < 4.78 is 18.2. The zero-order valence-corrected chi connectivity index (χ0v) is 19.1.